The molecule has 3 rings (SSSR count). The number of H-pyrrole nitrogens is 1. The monoisotopic (exact) mass is 231 g/mol. The zero-order valence-electron chi connectivity index (χ0n) is 9.99. The third-order valence-electron chi connectivity index (χ3n) is 3.40. The van der Waals surface area contributed by atoms with Gasteiger partial charge in [0.05, 0.1) is 12.6 Å². The van der Waals surface area contributed by atoms with Gasteiger partial charge in [0, 0.05) is 12.5 Å². The fraction of sp³-hybridized carbons (Fsp3) is 0.462. The topological polar surface area (TPSA) is 49.9 Å². The van der Waals surface area contributed by atoms with Gasteiger partial charge in [-0.3, -0.25) is 0 Å². The second-order valence-electron chi connectivity index (χ2n) is 4.52. The number of benzene rings is 1. The minimum Gasteiger partial charge on any atom is -0.494 e. The van der Waals surface area contributed by atoms with Crippen LogP contribution in [0.4, 0.5) is 0 Å². The number of nitrogens with zero attached hydrogens (tertiary/aromatic N) is 1. The molecule has 2 N–H and O–H groups in total. The number of aromatic nitrogens is 2. The average Bonchev–Trinajstić information content (AvgIpc) is 2.83. The fourth-order valence-electron chi connectivity index (χ4n) is 2.47. The molecule has 17 heavy (non-hydrogen) atoms. The summed E-state index contributed by atoms with van der Waals surface area (Å²) >= 11 is 0. The van der Waals surface area contributed by atoms with Crippen LogP contribution in [0.3, 0.4) is 0 Å². The molecule has 0 bridgehead atoms. The summed E-state index contributed by atoms with van der Waals surface area (Å²) in [5.41, 5.74) is 2.00. The number of fused-ring (bicyclic) bond motifs is 1. The lowest BCUT2D eigenvalue weighted by atomic mass is 9.99. The van der Waals surface area contributed by atoms with Gasteiger partial charge in [0.2, 0.25) is 0 Å². The Morgan fingerprint density at radius 3 is 3.12 bits per heavy atom. The molecule has 90 valence electrons. The van der Waals surface area contributed by atoms with Crippen LogP contribution in [0, 0.1) is 0 Å². The lowest BCUT2D eigenvalue weighted by molar-refractivity contribution is 0.418. The van der Waals surface area contributed by atoms with Gasteiger partial charge in [-0.2, -0.15) is 0 Å². The van der Waals surface area contributed by atoms with Gasteiger partial charge >= 0.3 is 0 Å². The van der Waals surface area contributed by atoms with Crippen molar-refractivity contribution in [2.24, 2.45) is 0 Å². The predicted octanol–water partition coefficient (Wildman–Crippen LogP) is 2.04. The molecule has 0 saturated carbocycles. The van der Waals surface area contributed by atoms with E-state index in [9.17, 15) is 0 Å². The minimum absolute atomic E-state index is 0.501. The highest BCUT2D eigenvalue weighted by Gasteiger charge is 2.19. The van der Waals surface area contributed by atoms with Crippen LogP contribution in [0.2, 0.25) is 0 Å². The average molecular weight is 231 g/mol. The third-order valence-corrected chi connectivity index (χ3v) is 3.40. The van der Waals surface area contributed by atoms with Crippen LogP contribution in [0.1, 0.15) is 24.6 Å². The summed E-state index contributed by atoms with van der Waals surface area (Å²) in [6, 6.07) is 5.99. The van der Waals surface area contributed by atoms with Crippen molar-refractivity contribution in [2.75, 3.05) is 20.2 Å². The third kappa shape index (κ3) is 1.89. The smallest absolute Gasteiger partial charge is 0.146 e. The molecule has 0 amide bonds. The van der Waals surface area contributed by atoms with Crippen LogP contribution >= 0.6 is 0 Å². The van der Waals surface area contributed by atoms with Crippen molar-refractivity contribution in [1.29, 1.82) is 0 Å². The van der Waals surface area contributed by atoms with Crippen LogP contribution < -0.4 is 10.1 Å². The number of hydrogen-bond acceptors (Lipinski definition) is 3. The van der Waals surface area contributed by atoms with E-state index in [4.69, 9.17) is 4.74 Å². The summed E-state index contributed by atoms with van der Waals surface area (Å²) in [4.78, 5) is 8.10. The molecule has 1 aromatic carbocycles. The first-order valence-corrected chi connectivity index (χ1v) is 6.12. The maximum atomic E-state index is 5.33. The molecule has 4 heteroatoms. The summed E-state index contributed by atoms with van der Waals surface area (Å²) in [6.07, 6.45) is 2.42. The van der Waals surface area contributed by atoms with E-state index in [0.29, 0.717) is 5.92 Å². The molecule has 0 aliphatic carbocycles. The van der Waals surface area contributed by atoms with Crippen molar-refractivity contribution < 1.29 is 4.74 Å². The van der Waals surface area contributed by atoms with Crippen molar-refractivity contribution in [2.45, 2.75) is 18.8 Å². The molecule has 1 aliphatic heterocycles. The van der Waals surface area contributed by atoms with Gasteiger partial charge in [-0.15, -0.1) is 0 Å². The standard InChI is InChI=1S/C13H17N3O/c1-17-11-6-2-5-10-12(11)16-13(15-10)9-4-3-7-14-8-9/h2,5-6,9,14H,3-4,7-8H2,1H3,(H,15,16)/t9-/m1/s1. The molecule has 0 spiro atoms. The number of nitrogens with one attached hydrogen (secondary N) is 2. The lowest BCUT2D eigenvalue weighted by Crippen LogP contribution is -2.28. The van der Waals surface area contributed by atoms with Crippen LogP contribution in [0.25, 0.3) is 11.0 Å². The molecule has 2 heterocycles. The lowest BCUT2D eigenvalue weighted by Gasteiger charge is -2.20. The van der Waals surface area contributed by atoms with E-state index < -0.39 is 0 Å². The Labute approximate surface area is 100 Å². The van der Waals surface area contributed by atoms with E-state index in [0.717, 1.165) is 35.7 Å². The molecular formula is C13H17N3O. The van der Waals surface area contributed by atoms with E-state index in [1.54, 1.807) is 7.11 Å². The SMILES string of the molecule is COc1cccc2[nH]c([C@@H]3CCCNC3)nc12. The van der Waals surface area contributed by atoms with Crippen LogP contribution in [0.5, 0.6) is 5.75 Å². The van der Waals surface area contributed by atoms with Crippen LogP contribution in [-0.2, 0) is 0 Å². The van der Waals surface area contributed by atoms with Gasteiger partial charge in [0.1, 0.15) is 17.1 Å². The Morgan fingerprint density at radius 1 is 1.41 bits per heavy atom. The summed E-state index contributed by atoms with van der Waals surface area (Å²) < 4.78 is 5.33. The first kappa shape index (κ1) is 10.6. The summed E-state index contributed by atoms with van der Waals surface area (Å²) in [7, 11) is 1.69. The van der Waals surface area contributed by atoms with Crippen molar-refractivity contribution in [3.8, 4) is 5.75 Å². The largest absolute Gasteiger partial charge is 0.494 e. The number of hydrogen-bond donors (Lipinski definition) is 2. The highest BCUT2D eigenvalue weighted by molar-refractivity contribution is 5.81. The molecule has 4 nitrogen and oxygen atoms in total. The molecule has 0 unspecified atom stereocenters. The van der Waals surface area contributed by atoms with Gasteiger partial charge in [0.25, 0.3) is 0 Å². The van der Waals surface area contributed by atoms with Gasteiger partial charge in [-0.1, -0.05) is 6.07 Å². The number of piperidine rings is 1. The molecule has 1 fully saturated rings. The zero-order chi connectivity index (χ0) is 11.7. The van der Waals surface area contributed by atoms with E-state index in [1.807, 2.05) is 18.2 Å². The first-order chi connectivity index (χ1) is 8.38. The number of aromatic amines is 1. The molecule has 1 saturated heterocycles. The fourth-order valence-corrected chi connectivity index (χ4v) is 2.47. The highest BCUT2D eigenvalue weighted by atomic mass is 16.5. The van der Waals surface area contributed by atoms with Gasteiger partial charge in [0.15, 0.2) is 0 Å². The Morgan fingerprint density at radius 2 is 2.35 bits per heavy atom. The van der Waals surface area contributed by atoms with Crippen molar-refractivity contribution >= 4 is 11.0 Å². The Bertz CT molecular complexity index is 514. The maximum absolute atomic E-state index is 5.33. The van der Waals surface area contributed by atoms with Gasteiger partial charge in [-0.25, -0.2) is 4.98 Å². The number of para-hydroxylation sites is 1. The minimum atomic E-state index is 0.501. The Kier molecular flexibility index (Phi) is 2.73. The number of ether oxygens (including phenoxy) is 1. The normalized spacial score (nSPS) is 20.6. The predicted molar refractivity (Wildman–Crippen MR) is 67.5 cm³/mol. The van der Waals surface area contributed by atoms with E-state index in [1.165, 1.54) is 12.8 Å². The van der Waals surface area contributed by atoms with Crippen LogP contribution in [-0.4, -0.2) is 30.2 Å². The van der Waals surface area contributed by atoms with Gasteiger partial charge < -0.3 is 15.0 Å². The van der Waals surface area contributed by atoms with Crippen molar-refractivity contribution in [1.82, 2.24) is 15.3 Å². The molecule has 2 aromatic rings. The molecule has 1 aliphatic rings. The number of imidazole rings is 1. The van der Waals surface area contributed by atoms with E-state index >= 15 is 0 Å². The second kappa shape index (κ2) is 4.37. The highest BCUT2D eigenvalue weighted by Crippen LogP contribution is 2.27. The summed E-state index contributed by atoms with van der Waals surface area (Å²) in [5, 5.41) is 3.42. The van der Waals surface area contributed by atoms with E-state index in [2.05, 4.69) is 15.3 Å². The second-order valence-corrected chi connectivity index (χ2v) is 4.52. The summed E-state index contributed by atoms with van der Waals surface area (Å²) in [5.74, 6) is 2.42. The Hall–Kier alpha value is -1.55. The molecule has 0 radical (unpaired) electrons. The van der Waals surface area contributed by atoms with Crippen molar-refractivity contribution in [3.05, 3.63) is 24.0 Å². The summed E-state index contributed by atoms with van der Waals surface area (Å²) in [6.45, 7) is 2.14. The Balaban J connectivity index is 2.00. The van der Waals surface area contributed by atoms with Gasteiger partial charge in [-0.05, 0) is 31.5 Å². The van der Waals surface area contributed by atoms with E-state index in [-0.39, 0.29) is 0 Å². The van der Waals surface area contributed by atoms with Crippen LogP contribution in [0.15, 0.2) is 18.2 Å². The maximum Gasteiger partial charge on any atom is 0.146 e. The number of methoxy groups -OCH3 is 1. The molecular weight excluding hydrogens is 214 g/mol. The van der Waals surface area contributed by atoms with Crippen molar-refractivity contribution in [3.63, 3.8) is 0 Å². The first-order valence-electron chi connectivity index (χ1n) is 6.12. The number of rotatable bonds is 2. The zero-order valence-corrected chi connectivity index (χ0v) is 9.99. The molecule has 1 aromatic heterocycles. The molecule has 1 atom stereocenters. The quantitative estimate of drug-likeness (QED) is 0.831.